The Morgan fingerprint density at radius 1 is 0.864 bits per heavy atom. The molecule has 12 heteroatoms. The van der Waals surface area contributed by atoms with Crippen molar-refractivity contribution in [3.63, 3.8) is 0 Å². The maximum atomic E-state index is 12.6. The summed E-state index contributed by atoms with van der Waals surface area (Å²) in [4.78, 5) is 19.5. The Kier molecular flexibility index (Phi) is 11.0. The number of likely N-dealkylation sites (tertiary alicyclic amines) is 1. The molecule has 0 bridgehead atoms. The molecule has 3 aromatic carbocycles. The maximum Gasteiger partial charge on any atom is 0.255 e. The number of aromatic nitrogens is 1. The van der Waals surface area contributed by atoms with Crippen molar-refractivity contribution < 1.29 is 22.7 Å². The minimum Gasteiger partial charge on any atom is -0.497 e. The normalized spacial score (nSPS) is 13.8. The maximum absolute atomic E-state index is 12.6. The molecule has 4 aromatic rings. The molecule has 0 spiro atoms. The van der Waals surface area contributed by atoms with E-state index in [4.69, 9.17) is 9.47 Å². The standard InChI is InChI=1S/C32H35N5O5S.ClH/c1-41-29-12-8-26(9-13-29)35-32(38)24-4-6-25(7-5-24)34-27-17-19-37(20-18-27)22-23-3-16-31(33-21-23)42-30-14-10-28(11-15-30)36-43(2,39)40;/h3-16,21,27,34,36H,17-20,22H2,1-2H3,(H,35,38);1H. The van der Waals surface area contributed by atoms with Crippen LogP contribution in [-0.4, -0.2) is 56.7 Å². The van der Waals surface area contributed by atoms with Crippen LogP contribution in [0.1, 0.15) is 28.8 Å². The Labute approximate surface area is 264 Å². The number of rotatable bonds is 11. The summed E-state index contributed by atoms with van der Waals surface area (Å²) in [7, 11) is -1.71. The van der Waals surface area contributed by atoms with Gasteiger partial charge in [0.25, 0.3) is 5.91 Å². The number of methoxy groups -OCH3 is 1. The fourth-order valence-corrected chi connectivity index (χ4v) is 5.38. The number of amides is 1. The van der Waals surface area contributed by atoms with Gasteiger partial charge in [-0.05, 0) is 91.2 Å². The van der Waals surface area contributed by atoms with Crippen LogP contribution < -0.4 is 24.8 Å². The first-order valence-corrected chi connectivity index (χ1v) is 15.9. The first kappa shape index (κ1) is 32.6. The fourth-order valence-electron chi connectivity index (χ4n) is 4.82. The van der Waals surface area contributed by atoms with Crippen molar-refractivity contribution in [2.45, 2.75) is 25.4 Å². The lowest BCUT2D eigenvalue weighted by Crippen LogP contribution is -2.38. The zero-order chi connectivity index (χ0) is 30.2. The zero-order valence-electron chi connectivity index (χ0n) is 24.5. The summed E-state index contributed by atoms with van der Waals surface area (Å²) in [5, 5.41) is 6.51. The van der Waals surface area contributed by atoms with Gasteiger partial charge in [-0.2, -0.15) is 0 Å². The molecule has 0 saturated carbocycles. The van der Waals surface area contributed by atoms with Gasteiger partial charge in [-0.25, -0.2) is 13.4 Å². The smallest absolute Gasteiger partial charge is 0.255 e. The number of piperidine rings is 1. The van der Waals surface area contributed by atoms with E-state index in [0.717, 1.165) is 55.7 Å². The molecule has 2 heterocycles. The molecule has 1 aliphatic rings. The van der Waals surface area contributed by atoms with Crippen molar-refractivity contribution in [2.24, 2.45) is 0 Å². The SMILES string of the molecule is COc1ccc(NC(=O)c2ccc(NC3CCN(Cc4ccc(Oc5ccc(NS(C)(=O)=O)cc5)nc4)CC3)cc2)cc1.Cl. The molecule has 0 unspecified atom stereocenters. The summed E-state index contributed by atoms with van der Waals surface area (Å²) in [6.07, 6.45) is 4.96. The second-order valence-electron chi connectivity index (χ2n) is 10.5. The number of halogens is 1. The number of nitrogens with zero attached hydrogens (tertiary/aromatic N) is 2. The number of benzene rings is 3. The van der Waals surface area contributed by atoms with Crippen LogP contribution in [0.2, 0.25) is 0 Å². The Hall–Kier alpha value is -4.32. The van der Waals surface area contributed by atoms with Gasteiger partial charge in [-0.3, -0.25) is 14.4 Å². The fraction of sp³-hybridized carbons (Fsp3) is 0.250. The van der Waals surface area contributed by atoms with Gasteiger partial charge in [-0.1, -0.05) is 6.07 Å². The summed E-state index contributed by atoms with van der Waals surface area (Å²) in [5.74, 6) is 1.63. The molecule has 232 valence electrons. The molecular weight excluding hydrogens is 602 g/mol. The Bertz CT molecular complexity index is 1610. The van der Waals surface area contributed by atoms with Gasteiger partial charge in [0, 0.05) is 60.6 Å². The molecule has 1 amide bonds. The molecule has 1 saturated heterocycles. The summed E-state index contributed by atoms with van der Waals surface area (Å²) < 4.78 is 36.1. The van der Waals surface area contributed by atoms with E-state index in [1.807, 2.05) is 66.9 Å². The van der Waals surface area contributed by atoms with Crippen LogP contribution in [0, 0.1) is 0 Å². The molecule has 0 atom stereocenters. The monoisotopic (exact) mass is 637 g/mol. The Balaban J connectivity index is 0.00000442. The summed E-state index contributed by atoms with van der Waals surface area (Å²) in [6.45, 7) is 2.74. The van der Waals surface area contributed by atoms with Gasteiger partial charge >= 0.3 is 0 Å². The van der Waals surface area contributed by atoms with Crippen LogP contribution in [0.25, 0.3) is 0 Å². The van der Waals surface area contributed by atoms with Crippen LogP contribution in [0.4, 0.5) is 17.1 Å². The molecule has 44 heavy (non-hydrogen) atoms. The number of pyridine rings is 1. The molecule has 1 aliphatic heterocycles. The highest BCUT2D eigenvalue weighted by Crippen LogP contribution is 2.24. The minimum atomic E-state index is -3.32. The van der Waals surface area contributed by atoms with E-state index in [-0.39, 0.29) is 18.3 Å². The number of sulfonamides is 1. The zero-order valence-corrected chi connectivity index (χ0v) is 26.2. The lowest BCUT2D eigenvalue weighted by Gasteiger charge is -2.32. The molecule has 5 rings (SSSR count). The molecule has 1 aromatic heterocycles. The number of hydrogen-bond acceptors (Lipinski definition) is 8. The second-order valence-corrected chi connectivity index (χ2v) is 12.2. The van der Waals surface area contributed by atoms with Crippen LogP contribution in [0.5, 0.6) is 17.4 Å². The molecular formula is C32H36ClN5O5S. The van der Waals surface area contributed by atoms with E-state index in [1.165, 1.54) is 0 Å². The quantitative estimate of drug-likeness (QED) is 0.183. The first-order chi connectivity index (χ1) is 20.7. The van der Waals surface area contributed by atoms with E-state index < -0.39 is 10.0 Å². The molecule has 0 aliphatic carbocycles. The predicted octanol–water partition coefficient (Wildman–Crippen LogP) is 6.00. The second kappa shape index (κ2) is 14.9. The van der Waals surface area contributed by atoms with Gasteiger partial charge in [0.1, 0.15) is 11.5 Å². The van der Waals surface area contributed by atoms with Gasteiger partial charge in [-0.15, -0.1) is 12.4 Å². The first-order valence-electron chi connectivity index (χ1n) is 14.0. The van der Waals surface area contributed by atoms with Crippen molar-refractivity contribution in [3.05, 3.63) is 102 Å². The van der Waals surface area contributed by atoms with Crippen molar-refractivity contribution in [1.82, 2.24) is 9.88 Å². The third-order valence-electron chi connectivity index (χ3n) is 7.04. The van der Waals surface area contributed by atoms with Crippen molar-refractivity contribution >= 4 is 45.4 Å². The van der Waals surface area contributed by atoms with Gasteiger partial charge in [0.2, 0.25) is 15.9 Å². The molecule has 3 N–H and O–H groups in total. The Morgan fingerprint density at radius 2 is 1.48 bits per heavy atom. The van der Waals surface area contributed by atoms with Crippen molar-refractivity contribution in [1.29, 1.82) is 0 Å². The number of carbonyl (C=O) groups is 1. The van der Waals surface area contributed by atoms with Gasteiger partial charge in [0.05, 0.1) is 13.4 Å². The average Bonchev–Trinajstić information content (AvgIpc) is 3.00. The average molecular weight is 638 g/mol. The topological polar surface area (TPSA) is 122 Å². The van der Waals surface area contributed by atoms with Crippen LogP contribution in [0.3, 0.4) is 0 Å². The van der Waals surface area contributed by atoms with Crippen LogP contribution in [0.15, 0.2) is 91.1 Å². The van der Waals surface area contributed by atoms with Gasteiger partial charge in [0.15, 0.2) is 0 Å². The number of carbonyl (C=O) groups excluding carboxylic acids is 1. The summed E-state index contributed by atoms with van der Waals surface area (Å²) in [6, 6.07) is 25.7. The largest absolute Gasteiger partial charge is 0.497 e. The number of hydrogen-bond donors (Lipinski definition) is 3. The highest BCUT2D eigenvalue weighted by molar-refractivity contribution is 7.92. The van der Waals surface area contributed by atoms with Gasteiger partial charge < -0.3 is 20.1 Å². The number of ether oxygens (including phenoxy) is 2. The molecule has 0 radical (unpaired) electrons. The third kappa shape index (κ3) is 9.60. The van der Waals surface area contributed by atoms with Crippen molar-refractivity contribution in [2.75, 3.05) is 41.8 Å². The lowest BCUT2D eigenvalue weighted by atomic mass is 10.0. The summed E-state index contributed by atoms with van der Waals surface area (Å²) >= 11 is 0. The third-order valence-corrected chi connectivity index (χ3v) is 7.64. The highest BCUT2D eigenvalue weighted by atomic mass is 35.5. The highest BCUT2D eigenvalue weighted by Gasteiger charge is 2.19. The van der Waals surface area contributed by atoms with E-state index in [9.17, 15) is 13.2 Å². The lowest BCUT2D eigenvalue weighted by molar-refractivity contribution is 0.102. The number of anilines is 3. The van der Waals surface area contributed by atoms with Crippen molar-refractivity contribution in [3.8, 4) is 17.4 Å². The summed E-state index contributed by atoms with van der Waals surface area (Å²) in [5.41, 5.74) is 3.89. The molecule has 10 nitrogen and oxygen atoms in total. The molecule has 1 fully saturated rings. The van der Waals surface area contributed by atoms with E-state index >= 15 is 0 Å². The Morgan fingerprint density at radius 3 is 2.07 bits per heavy atom. The predicted molar refractivity (Wildman–Crippen MR) is 176 cm³/mol. The van der Waals surface area contributed by atoms with Crippen LogP contribution in [-0.2, 0) is 16.6 Å². The van der Waals surface area contributed by atoms with E-state index in [2.05, 4.69) is 25.2 Å². The van der Waals surface area contributed by atoms with E-state index in [1.54, 1.807) is 31.4 Å². The van der Waals surface area contributed by atoms with Crippen LogP contribution >= 0.6 is 12.4 Å². The minimum absolute atomic E-state index is 0. The van der Waals surface area contributed by atoms with E-state index in [0.29, 0.717) is 34.6 Å². The number of nitrogens with one attached hydrogen (secondary N) is 3.